The molecule has 1 fully saturated rings. The summed E-state index contributed by atoms with van der Waals surface area (Å²) in [5.74, 6) is 0. The van der Waals surface area contributed by atoms with Crippen molar-refractivity contribution in [3.63, 3.8) is 0 Å². The minimum absolute atomic E-state index is 0.0694. The first kappa shape index (κ1) is 12.5. The van der Waals surface area contributed by atoms with Gasteiger partial charge in [0.2, 0.25) is 0 Å². The van der Waals surface area contributed by atoms with E-state index in [4.69, 9.17) is 10.4 Å². The molecule has 86 valence electrons. The number of hydrogen-bond acceptors (Lipinski definition) is 3. The molecule has 0 radical (unpaired) electrons. The zero-order valence-corrected chi connectivity index (χ0v) is 9.79. The standard InChI is InChI=1S/C12H22N2O/c1-12(2,9-13)5-3-4-6-14-10-7-11(15)8-10/h10-11,14-15H,3-8H2,1-2H3. The molecule has 0 bridgehead atoms. The maximum Gasteiger partial charge on any atom is 0.0683 e. The lowest BCUT2D eigenvalue weighted by molar-refractivity contribution is 0.0625. The molecule has 1 rings (SSSR count). The van der Waals surface area contributed by atoms with E-state index >= 15 is 0 Å². The molecular weight excluding hydrogens is 188 g/mol. The second kappa shape index (κ2) is 5.48. The topological polar surface area (TPSA) is 56.0 Å². The predicted octanol–water partition coefficient (Wildman–Crippen LogP) is 1.82. The van der Waals surface area contributed by atoms with Crippen molar-refractivity contribution in [2.45, 2.75) is 58.1 Å². The second-order valence-electron chi connectivity index (χ2n) is 5.23. The van der Waals surface area contributed by atoms with E-state index in [1.54, 1.807) is 0 Å². The van der Waals surface area contributed by atoms with Crippen LogP contribution in [0.25, 0.3) is 0 Å². The van der Waals surface area contributed by atoms with Crippen LogP contribution >= 0.6 is 0 Å². The van der Waals surface area contributed by atoms with E-state index in [-0.39, 0.29) is 11.5 Å². The van der Waals surface area contributed by atoms with Gasteiger partial charge in [0.1, 0.15) is 0 Å². The van der Waals surface area contributed by atoms with E-state index in [2.05, 4.69) is 11.4 Å². The summed E-state index contributed by atoms with van der Waals surface area (Å²) in [6, 6.07) is 2.85. The maximum atomic E-state index is 9.08. The van der Waals surface area contributed by atoms with Crippen LogP contribution in [0.5, 0.6) is 0 Å². The Hall–Kier alpha value is -0.590. The molecule has 0 saturated heterocycles. The van der Waals surface area contributed by atoms with Crippen molar-refractivity contribution in [3.05, 3.63) is 0 Å². The van der Waals surface area contributed by atoms with Gasteiger partial charge in [-0.15, -0.1) is 0 Å². The number of aliphatic hydroxyl groups is 1. The minimum Gasteiger partial charge on any atom is -0.393 e. The molecule has 1 aliphatic rings. The average Bonchev–Trinajstić information content (AvgIpc) is 2.14. The molecule has 3 nitrogen and oxygen atoms in total. The number of aliphatic hydroxyl groups excluding tert-OH is 1. The van der Waals surface area contributed by atoms with Crippen molar-refractivity contribution in [2.24, 2.45) is 5.41 Å². The van der Waals surface area contributed by atoms with Crippen molar-refractivity contribution in [1.29, 1.82) is 5.26 Å². The highest BCUT2D eigenvalue weighted by Gasteiger charge is 2.26. The zero-order chi connectivity index (χ0) is 11.3. The van der Waals surface area contributed by atoms with Crippen molar-refractivity contribution in [2.75, 3.05) is 6.54 Å². The zero-order valence-electron chi connectivity index (χ0n) is 9.79. The molecule has 1 saturated carbocycles. The lowest BCUT2D eigenvalue weighted by Gasteiger charge is -2.32. The smallest absolute Gasteiger partial charge is 0.0683 e. The molecule has 0 amide bonds. The van der Waals surface area contributed by atoms with Gasteiger partial charge in [0, 0.05) is 6.04 Å². The van der Waals surface area contributed by atoms with Gasteiger partial charge in [0.25, 0.3) is 0 Å². The normalized spacial score (nSPS) is 25.7. The van der Waals surface area contributed by atoms with Crippen LogP contribution in [0.3, 0.4) is 0 Å². The summed E-state index contributed by atoms with van der Waals surface area (Å²) in [6.07, 6.45) is 4.94. The third-order valence-electron chi connectivity index (χ3n) is 3.08. The first-order chi connectivity index (χ1) is 7.03. The Morgan fingerprint density at radius 2 is 2.07 bits per heavy atom. The highest BCUT2D eigenvalue weighted by Crippen LogP contribution is 2.22. The van der Waals surface area contributed by atoms with Gasteiger partial charge in [-0.2, -0.15) is 5.26 Å². The molecular formula is C12H22N2O. The van der Waals surface area contributed by atoms with Crippen LogP contribution in [0.1, 0.15) is 46.0 Å². The molecule has 15 heavy (non-hydrogen) atoms. The summed E-state index contributed by atoms with van der Waals surface area (Å²) in [7, 11) is 0. The average molecular weight is 210 g/mol. The van der Waals surface area contributed by atoms with Crippen LogP contribution in [-0.2, 0) is 0 Å². The Labute approximate surface area is 92.5 Å². The van der Waals surface area contributed by atoms with Gasteiger partial charge in [0.15, 0.2) is 0 Å². The number of unbranched alkanes of at least 4 members (excludes halogenated alkanes) is 1. The van der Waals surface area contributed by atoms with Crippen LogP contribution in [-0.4, -0.2) is 23.8 Å². The Balaban J connectivity index is 1.92. The molecule has 2 N–H and O–H groups in total. The fourth-order valence-corrected chi connectivity index (χ4v) is 1.81. The quantitative estimate of drug-likeness (QED) is 0.657. The Morgan fingerprint density at radius 1 is 1.40 bits per heavy atom. The summed E-state index contributed by atoms with van der Waals surface area (Å²) >= 11 is 0. The molecule has 0 aromatic heterocycles. The van der Waals surface area contributed by atoms with Gasteiger partial charge in [-0.1, -0.05) is 6.42 Å². The van der Waals surface area contributed by atoms with E-state index < -0.39 is 0 Å². The molecule has 0 spiro atoms. The first-order valence-corrected chi connectivity index (χ1v) is 5.86. The molecule has 0 aromatic carbocycles. The molecule has 1 aliphatic carbocycles. The van der Waals surface area contributed by atoms with Crippen molar-refractivity contribution in [3.8, 4) is 6.07 Å². The third kappa shape index (κ3) is 4.63. The summed E-state index contributed by atoms with van der Waals surface area (Å²) in [4.78, 5) is 0. The van der Waals surface area contributed by atoms with Crippen molar-refractivity contribution >= 4 is 0 Å². The third-order valence-corrected chi connectivity index (χ3v) is 3.08. The lowest BCUT2D eigenvalue weighted by atomic mass is 9.88. The monoisotopic (exact) mass is 210 g/mol. The molecule has 0 atom stereocenters. The molecule has 0 unspecified atom stereocenters. The van der Waals surface area contributed by atoms with Crippen LogP contribution in [0.4, 0.5) is 0 Å². The van der Waals surface area contributed by atoms with Gasteiger partial charge in [0.05, 0.1) is 17.6 Å². The summed E-state index contributed by atoms with van der Waals surface area (Å²) in [6.45, 7) is 4.99. The van der Waals surface area contributed by atoms with Gasteiger partial charge in [-0.25, -0.2) is 0 Å². The molecule has 0 aromatic rings. The molecule has 0 heterocycles. The van der Waals surface area contributed by atoms with Gasteiger partial charge in [-0.3, -0.25) is 0 Å². The summed E-state index contributed by atoms with van der Waals surface area (Å²) in [5.41, 5.74) is -0.174. The number of nitriles is 1. The first-order valence-electron chi connectivity index (χ1n) is 5.86. The number of nitrogens with zero attached hydrogens (tertiary/aromatic N) is 1. The lowest BCUT2D eigenvalue weighted by Crippen LogP contribution is -2.44. The second-order valence-corrected chi connectivity index (χ2v) is 5.23. The minimum atomic E-state index is -0.174. The number of hydrogen-bond donors (Lipinski definition) is 2. The Kier molecular flexibility index (Phi) is 4.56. The number of rotatable bonds is 6. The van der Waals surface area contributed by atoms with E-state index in [0.717, 1.165) is 38.6 Å². The molecule has 3 heteroatoms. The van der Waals surface area contributed by atoms with Gasteiger partial charge >= 0.3 is 0 Å². The fraction of sp³-hybridized carbons (Fsp3) is 0.917. The predicted molar refractivity (Wildman–Crippen MR) is 60.3 cm³/mol. The van der Waals surface area contributed by atoms with E-state index in [1.807, 2.05) is 13.8 Å². The highest BCUT2D eigenvalue weighted by molar-refractivity contribution is 4.91. The fourth-order valence-electron chi connectivity index (χ4n) is 1.81. The summed E-state index contributed by atoms with van der Waals surface area (Å²) in [5, 5.41) is 21.3. The van der Waals surface area contributed by atoms with Crippen LogP contribution in [0.2, 0.25) is 0 Å². The SMILES string of the molecule is CC(C)(C#N)CCCCNC1CC(O)C1. The van der Waals surface area contributed by atoms with Crippen LogP contribution in [0, 0.1) is 16.7 Å². The summed E-state index contributed by atoms with van der Waals surface area (Å²) < 4.78 is 0. The highest BCUT2D eigenvalue weighted by atomic mass is 16.3. The van der Waals surface area contributed by atoms with Crippen LogP contribution in [0.15, 0.2) is 0 Å². The van der Waals surface area contributed by atoms with Crippen LogP contribution < -0.4 is 5.32 Å². The van der Waals surface area contributed by atoms with Gasteiger partial charge in [-0.05, 0) is 46.1 Å². The van der Waals surface area contributed by atoms with Crippen molar-refractivity contribution in [1.82, 2.24) is 5.32 Å². The Morgan fingerprint density at radius 3 is 2.60 bits per heavy atom. The van der Waals surface area contributed by atoms with Crippen molar-refractivity contribution < 1.29 is 5.11 Å². The van der Waals surface area contributed by atoms with E-state index in [1.165, 1.54) is 0 Å². The Bertz CT molecular complexity index is 226. The molecule has 0 aliphatic heterocycles. The number of nitrogens with one attached hydrogen (secondary N) is 1. The largest absolute Gasteiger partial charge is 0.393 e. The maximum absolute atomic E-state index is 9.08. The van der Waals surface area contributed by atoms with E-state index in [9.17, 15) is 0 Å². The van der Waals surface area contributed by atoms with Gasteiger partial charge < -0.3 is 10.4 Å². The van der Waals surface area contributed by atoms with E-state index in [0.29, 0.717) is 6.04 Å².